The van der Waals surface area contributed by atoms with Crippen LogP contribution >= 0.6 is 27.5 Å². The number of likely N-dealkylation sites (N-methyl/N-ethyl adjacent to an activating group) is 1. The first-order valence-corrected chi connectivity index (χ1v) is 7.55. The molecule has 0 saturated carbocycles. The molecule has 0 aliphatic heterocycles. The summed E-state index contributed by atoms with van der Waals surface area (Å²) in [5, 5.41) is 6.21. The number of hydrogen-bond acceptors (Lipinski definition) is 4. The van der Waals surface area contributed by atoms with E-state index in [0.717, 1.165) is 15.7 Å². The predicted octanol–water partition coefficient (Wildman–Crippen LogP) is 3.11. The summed E-state index contributed by atoms with van der Waals surface area (Å²) in [4.78, 5) is 19.8. The summed E-state index contributed by atoms with van der Waals surface area (Å²) in [5.41, 5.74) is 1.69. The summed E-state index contributed by atoms with van der Waals surface area (Å²) in [6, 6.07) is 5.55. The van der Waals surface area contributed by atoms with Crippen LogP contribution in [0.3, 0.4) is 0 Å². The molecule has 1 amide bonds. The van der Waals surface area contributed by atoms with Crippen LogP contribution in [-0.2, 0) is 4.79 Å². The third kappa shape index (κ3) is 4.41. The van der Waals surface area contributed by atoms with Gasteiger partial charge in [0.05, 0.1) is 11.6 Å². The zero-order chi connectivity index (χ0) is 15.2. The summed E-state index contributed by atoms with van der Waals surface area (Å²) in [5.74, 6) is 0.504. The van der Waals surface area contributed by atoms with Crippen molar-refractivity contribution in [3.63, 3.8) is 0 Å². The van der Waals surface area contributed by atoms with E-state index in [-0.39, 0.29) is 12.5 Å². The molecule has 0 atom stereocenters. The Bertz CT molecular complexity index is 633. The molecule has 0 spiro atoms. The van der Waals surface area contributed by atoms with Crippen molar-refractivity contribution in [2.75, 3.05) is 18.4 Å². The smallest absolute Gasteiger partial charge is 0.239 e. The SMILES string of the molecule is CCNC(=O)CNc1cc(-c2ccc(Br)nc2)c(Cl)cn1. The molecular weight excluding hydrogens is 356 g/mol. The largest absolute Gasteiger partial charge is 0.361 e. The summed E-state index contributed by atoms with van der Waals surface area (Å²) in [6.07, 6.45) is 3.28. The second-order valence-electron chi connectivity index (χ2n) is 4.23. The van der Waals surface area contributed by atoms with E-state index in [9.17, 15) is 4.79 Å². The van der Waals surface area contributed by atoms with Gasteiger partial charge in [0.1, 0.15) is 10.4 Å². The van der Waals surface area contributed by atoms with Gasteiger partial charge >= 0.3 is 0 Å². The number of carbonyl (C=O) groups is 1. The fourth-order valence-corrected chi connectivity index (χ4v) is 2.17. The van der Waals surface area contributed by atoms with Crippen LogP contribution < -0.4 is 10.6 Å². The minimum Gasteiger partial charge on any atom is -0.361 e. The van der Waals surface area contributed by atoms with Gasteiger partial charge in [0.25, 0.3) is 0 Å². The molecular formula is C14H14BrClN4O. The van der Waals surface area contributed by atoms with Crippen LogP contribution in [0.25, 0.3) is 11.1 Å². The van der Waals surface area contributed by atoms with Crippen molar-refractivity contribution >= 4 is 39.3 Å². The fraction of sp³-hybridized carbons (Fsp3) is 0.214. The predicted molar refractivity (Wildman–Crippen MR) is 87.4 cm³/mol. The maximum Gasteiger partial charge on any atom is 0.239 e. The Morgan fingerprint density at radius 2 is 2.14 bits per heavy atom. The zero-order valence-corrected chi connectivity index (χ0v) is 13.7. The van der Waals surface area contributed by atoms with Crippen molar-refractivity contribution < 1.29 is 4.79 Å². The van der Waals surface area contributed by atoms with E-state index in [0.29, 0.717) is 17.4 Å². The van der Waals surface area contributed by atoms with E-state index in [1.54, 1.807) is 18.5 Å². The lowest BCUT2D eigenvalue weighted by atomic mass is 10.1. The van der Waals surface area contributed by atoms with Crippen molar-refractivity contribution in [1.82, 2.24) is 15.3 Å². The van der Waals surface area contributed by atoms with Crippen molar-refractivity contribution in [3.05, 3.63) is 40.2 Å². The monoisotopic (exact) mass is 368 g/mol. The third-order valence-electron chi connectivity index (χ3n) is 2.70. The van der Waals surface area contributed by atoms with Gasteiger partial charge in [-0.25, -0.2) is 9.97 Å². The highest BCUT2D eigenvalue weighted by atomic mass is 79.9. The molecule has 21 heavy (non-hydrogen) atoms. The average molecular weight is 370 g/mol. The van der Waals surface area contributed by atoms with Gasteiger partial charge < -0.3 is 10.6 Å². The van der Waals surface area contributed by atoms with Crippen LogP contribution in [0, 0.1) is 0 Å². The van der Waals surface area contributed by atoms with Gasteiger partial charge in [0.15, 0.2) is 0 Å². The van der Waals surface area contributed by atoms with Gasteiger partial charge in [-0.05, 0) is 35.0 Å². The van der Waals surface area contributed by atoms with Crippen LogP contribution in [0.2, 0.25) is 5.02 Å². The van der Waals surface area contributed by atoms with Crippen molar-refractivity contribution in [1.29, 1.82) is 0 Å². The highest BCUT2D eigenvalue weighted by molar-refractivity contribution is 9.10. The Hall–Kier alpha value is -1.66. The fourth-order valence-electron chi connectivity index (χ4n) is 1.72. The second kappa shape index (κ2) is 7.38. The maximum atomic E-state index is 11.4. The zero-order valence-electron chi connectivity index (χ0n) is 11.4. The number of rotatable bonds is 5. The summed E-state index contributed by atoms with van der Waals surface area (Å²) in [6.45, 7) is 2.64. The number of nitrogens with zero attached hydrogens (tertiary/aromatic N) is 2. The quantitative estimate of drug-likeness (QED) is 0.795. The lowest BCUT2D eigenvalue weighted by Crippen LogP contribution is -2.29. The lowest BCUT2D eigenvalue weighted by Gasteiger charge is -2.09. The van der Waals surface area contributed by atoms with Gasteiger partial charge in [-0.1, -0.05) is 17.7 Å². The molecule has 0 bridgehead atoms. The molecule has 2 aromatic heterocycles. The van der Waals surface area contributed by atoms with Crippen molar-refractivity contribution in [3.8, 4) is 11.1 Å². The van der Waals surface area contributed by atoms with Crippen molar-refractivity contribution in [2.45, 2.75) is 6.92 Å². The molecule has 2 heterocycles. The van der Waals surface area contributed by atoms with Gasteiger partial charge in [0, 0.05) is 30.1 Å². The summed E-state index contributed by atoms with van der Waals surface area (Å²) >= 11 is 9.47. The molecule has 0 fully saturated rings. The molecule has 0 radical (unpaired) electrons. The highest BCUT2D eigenvalue weighted by Gasteiger charge is 2.07. The summed E-state index contributed by atoms with van der Waals surface area (Å²) < 4.78 is 0.756. The molecule has 0 aliphatic carbocycles. The van der Waals surface area contributed by atoms with E-state index < -0.39 is 0 Å². The molecule has 7 heteroatoms. The number of hydrogen-bond donors (Lipinski definition) is 2. The Kier molecular flexibility index (Phi) is 5.52. The standard InChI is InChI=1S/C14H14BrClN4O/c1-2-17-14(21)8-20-13-5-10(11(16)7-19-13)9-3-4-12(15)18-6-9/h3-7H,2,8H2,1H3,(H,17,21)(H,19,20). The molecule has 110 valence electrons. The van der Waals surface area contributed by atoms with E-state index in [4.69, 9.17) is 11.6 Å². The molecule has 2 rings (SSSR count). The third-order valence-corrected chi connectivity index (χ3v) is 3.47. The maximum absolute atomic E-state index is 11.4. The van der Waals surface area contributed by atoms with E-state index >= 15 is 0 Å². The Morgan fingerprint density at radius 3 is 2.81 bits per heavy atom. The number of carbonyl (C=O) groups excluding carboxylic acids is 1. The lowest BCUT2D eigenvalue weighted by molar-refractivity contribution is -0.119. The number of pyridine rings is 2. The summed E-state index contributed by atoms with van der Waals surface area (Å²) in [7, 11) is 0. The molecule has 0 saturated heterocycles. The molecule has 0 aromatic carbocycles. The van der Waals surface area contributed by atoms with Crippen LogP contribution in [0.1, 0.15) is 6.92 Å². The Labute approximate surface area is 136 Å². The minimum atomic E-state index is -0.0823. The van der Waals surface area contributed by atoms with Gasteiger partial charge in [-0.15, -0.1) is 0 Å². The van der Waals surface area contributed by atoms with Gasteiger partial charge in [-0.2, -0.15) is 0 Å². The van der Waals surface area contributed by atoms with Crippen LogP contribution in [0.4, 0.5) is 5.82 Å². The molecule has 2 N–H and O–H groups in total. The normalized spacial score (nSPS) is 10.2. The first-order chi connectivity index (χ1) is 10.1. The second-order valence-corrected chi connectivity index (χ2v) is 5.45. The van der Waals surface area contributed by atoms with E-state index in [1.807, 2.05) is 19.1 Å². The first kappa shape index (κ1) is 15.7. The Morgan fingerprint density at radius 1 is 1.33 bits per heavy atom. The number of amides is 1. The number of nitrogens with one attached hydrogen (secondary N) is 2. The van der Waals surface area contributed by atoms with Gasteiger partial charge in [0.2, 0.25) is 5.91 Å². The first-order valence-electron chi connectivity index (χ1n) is 6.38. The van der Waals surface area contributed by atoms with Crippen LogP contribution in [0.5, 0.6) is 0 Å². The topological polar surface area (TPSA) is 66.9 Å². The van der Waals surface area contributed by atoms with E-state index in [1.165, 1.54) is 0 Å². The highest BCUT2D eigenvalue weighted by Crippen LogP contribution is 2.29. The minimum absolute atomic E-state index is 0.0823. The van der Waals surface area contributed by atoms with Crippen LogP contribution in [-0.4, -0.2) is 29.0 Å². The van der Waals surface area contributed by atoms with Crippen molar-refractivity contribution in [2.24, 2.45) is 0 Å². The molecule has 2 aromatic rings. The molecule has 0 aliphatic rings. The number of aromatic nitrogens is 2. The number of halogens is 2. The molecule has 5 nitrogen and oxygen atoms in total. The van der Waals surface area contributed by atoms with Crippen LogP contribution in [0.15, 0.2) is 35.2 Å². The molecule has 0 unspecified atom stereocenters. The average Bonchev–Trinajstić information content (AvgIpc) is 2.48. The number of anilines is 1. The van der Waals surface area contributed by atoms with Gasteiger partial charge in [-0.3, -0.25) is 4.79 Å². The van der Waals surface area contributed by atoms with E-state index in [2.05, 4.69) is 36.5 Å². The Balaban J connectivity index is 2.17.